The lowest BCUT2D eigenvalue weighted by molar-refractivity contribution is -0.689. The zero-order valence-electron chi connectivity index (χ0n) is 71.1. The lowest BCUT2D eigenvalue weighted by Gasteiger charge is -2.50. The number of carboxylic acid groups (broad SMARTS) is 1. The molecular formula is C85H91Cl3N16O28S2. The van der Waals surface area contributed by atoms with E-state index in [1.165, 1.54) is 62.1 Å². The minimum Gasteiger partial charge on any atom is -0.543 e. The van der Waals surface area contributed by atoms with Crippen molar-refractivity contribution in [3.63, 3.8) is 0 Å². The topological polar surface area (TPSA) is 687 Å². The molecule has 3 saturated heterocycles. The number of carbonyl (C=O) groups is 11. The van der Waals surface area contributed by atoms with Crippen molar-refractivity contribution in [3.05, 3.63) is 168 Å². The zero-order chi connectivity index (χ0) is 96.8. The number of fused-ring (bicyclic) bond motifs is 15. The van der Waals surface area contributed by atoms with Gasteiger partial charge in [0.1, 0.15) is 117 Å². The Morgan fingerprint density at radius 1 is 0.761 bits per heavy atom. The Morgan fingerprint density at radius 3 is 2.02 bits per heavy atom. The van der Waals surface area contributed by atoms with Crippen molar-refractivity contribution in [1.29, 1.82) is 0 Å². The first-order valence-electron chi connectivity index (χ1n) is 41.4. The number of rotatable bonds is 21. The molecule has 0 aliphatic carbocycles. The Kier molecular flexibility index (Phi) is 29.2. The number of oxime groups is 1. The normalized spacial score (nSPS) is 27.3. The minimum absolute atomic E-state index is 0.0220. The van der Waals surface area contributed by atoms with E-state index in [1.807, 2.05) is 0 Å². The third-order valence-electron chi connectivity index (χ3n) is 23.3. The highest BCUT2D eigenvalue weighted by Crippen LogP contribution is 2.51. The summed E-state index contributed by atoms with van der Waals surface area (Å²) in [4.78, 5) is 167. The van der Waals surface area contributed by atoms with E-state index in [1.54, 1.807) is 13.8 Å². The summed E-state index contributed by atoms with van der Waals surface area (Å²) in [7, 11) is 1.46. The van der Waals surface area contributed by atoms with Crippen LogP contribution in [0.15, 0.2) is 120 Å². The number of phenolic OH excluding ortho intramolecular Hbond substituents is 3. The molecule has 25 N–H and O–H groups in total. The number of carboxylic acids is 1. The van der Waals surface area contributed by atoms with Gasteiger partial charge in [-0.1, -0.05) is 83.3 Å². The van der Waals surface area contributed by atoms with Crippen molar-refractivity contribution >= 4 is 134 Å². The van der Waals surface area contributed by atoms with Gasteiger partial charge in [0.25, 0.3) is 11.8 Å². The van der Waals surface area contributed by atoms with E-state index in [9.17, 15) is 80.2 Å². The van der Waals surface area contributed by atoms with E-state index in [0.29, 0.717) is 5.56 Å². The second-order valence-electron chi connectivity index (χ2n) is 33.2. The number of benzene rings is 5. The number of anilines is 1. The van der Waals surface area contributed by atoms with Crippen LogP contribution in [0, 0.1) is 5.92 Å². The molecule has 9 aliphatic heterocycles. The van der Waals surface area contributed by atoms with Crippen LogP contribution in [0.2, 0.25) is 14.4 Å². The van der Waals surface area contributed by atoms with E-state index >= 15 is 28.8 Å². The molecule has 20 atom stereocenters. The van der Waals surface area contributed by atoms with E-state index in [4.69, 9.17) is 80.4 Å². The van der Waals surface area contributed by atoms with Gasteiger partial charge >= 0.3 is 0 Å². The van der Waals surface area contributed by atoms with Crippen molar-refractivity contribution in [1.82, 2.24) is 57.7 Å². The predicted molar refractivity (Wildman–Crippen MR) is 467 cm³/mol. The number of nitrogen functional groups attached to an aromatic ring is 1. The number of amides is 10. The average molecular weight is 1960 g/mol. The number of aliphatic hydroxyl groups is 6. The molecule has 7 aromatic rings. The fourth-order valence-electron chi connectivity index (χ4n) is 16.5. The maximum atomic E-state index is 16.6. The van der Waals surface area contributed by atoms with E-state index in [-0.39, 0.29) is 68.7 Å². The summed E-state index contributed by atoms with van der Waals surface area (Å²) in [6.07, 6.45) is -16.2. The van der Waals surface area contributed by atoms with Crippen molar-refractivity contribution < 1.29 is 142 Å². The number of nitrogens with one attached hydrogen (secondary N) is 9. The lowest BCUT2D eigenvalue weighted by atomic mass is 9.86. The first-order chi connectivity index (χ1) is 63.5. The van der Waals surface area contributed by atoms with E-state index in [2.05, 4.69) is 58.0 Å². The van der Waals surface area contributed by atoms with Crippen molar-refractivity contribution in [2.45, 2.75) is 181 Å². The van der Waals surface area contributed by atoms with Gasteiger partial charge < -0.3 is 155 Å². The maximum Gasteiger partial charge on any atom is 0.276 e. The fraction of sp³-hybridized carbons (Fsp3) is 0.388. The highest BCUT2D eigenvalue weighted by Gasteiger charge is 2.55. The van der Waals surface area contributed by atoms with Crippen LogP contribution in [0.5, 0.6) is 46.0 Å². The molecule has 0 saturated carbocycles. The summed E-state index contributed by atoms with van der Waals surface area (Å²) in [5.41, 5.74) is 12.7. The SMILES string of the molecule is CNC(CC(C)C)C(=O)NC1C(=O)NC(CC(N)=O)C(=O)NC2C(=O)NC3C(=O)NC(C(=O)NC(C(=O)NCc4cc[n+](CC5=C(C(=O)[O-])N6C(=O)C(NC(=O)/C(=N/O)c7nc(N)sc7Cl)C6SC5)cc4)c4cc(O)cc(O)c4-c4cc(O)ccc43)C(O)c3ccc(c(Cl)c3)Oc3cc2cc(c3OC2OC(CO)C(O)C(O)C2OC2CC(C)(N)C(O)C(C)O2)Oc2ccc(cc2Cl)C1O. The first-order valence-corrected chi connectivity index (χ1v) is 44.4. The van der Waals surface area contributed by atoms with Crippen molar-refractivity contribution in [2.75, 3.05) is 25.1 Å². The van der Waals surface area contributed by atoms with Gasteiger partial charge in [-0.25, -0.2) is 9.55 Å². The molecule has 134 heavy (non-hydrogen) atoms. The number of β-lactam (4-membered cyclic amide) rings is 1. The van der Waals surface area contributed by atoms with Crippen molar-refractivity contribution in [3.8, 4) is 57.1 Å². The van der Waals surface area contributed by atoms with Gasteiger partial charge in [-0.15, -0.1) is 11.8 Å². The molecule has 9 bridgehead atoms. The molecule has 0 spiro atoms. The standard InChI is InChI=1S/C85H91Cl3N16O28S2/c1-30(2)16-44(92-5)72(115)98-60-64(110)33-6-10-47(42(86)17-33)128-49-19-35-20-50(68(49)132-83-69(67(113)66(112)51(28-105)130-83)131-53-25-85(4,91)70(114)31(3)127-53)129-48-11-7-34(18-43(48)87)65(111)61-79(122)97-57(41-22-38(107)23-46(108)54(41)40-21-37(106)8-9-39(40)56(76(119)99-61)96-75(118)55(35)95-73(116)45(24-52(89)109)94-78(60)121)74(117)93-26-32-12-14-103(15-13-32)27-36-29-133-81-62(80(123)104(81)63(36)82(124)125)100-77(120)59(102-126)58-71(88)134-84(90)101-58/h6-15,17-23,30-31,44-45,51,53,55-57,60-62,64-67,69-70,81,83,92,105,110-114H,16,24-29,91H2,1-5H3,(H16-,89,90,93,94,95,96,97,98,99,100,101,106,107,108,109,115,116,117,118,119,120,121,122,124,125,126). The van der Waals surface area contributed by atoms with Crippen LogP contribution in [0.25, 0.3) is 11.1 Å². The second-order valence-corrected chi connectivity index (χ2v) is 36.7. The van der Waals surface area contributed by atoms with Gasteiger partial charge in [0, 0.05) is 53.6 Å². The molecule has 0 radical (unpaired) electrons. The number of nitrogens with zero attached hydrogens (tertiary/aromatic N) is 4. The summed E-state index contributed by atoms with van der Waals surface area (Å²) < 4.78 is 40.2. The fourth-order valence-corrected chi connectivity index (χ4v) is 19.2. The number of aliphatic carboxylic acids is 1. The molecule has 712 valence electrons. The third-order valence-corrected chi connectivity index (χ3v) is 26.3. The number of carbonyl (C=O) groups excluding carboxylic acids is 11. The van der Waals surface area contributed by atoms with Crippen LogP contribution in [-0.2, 0) is 80.0 Å². The number of halogens is 3. The quantitative estimate of drug-likeness (QED) is 0.0129. The monoisotopic (exact) mass is 1950 g/mol. The number of hydrogen-bond acceptors (Lipinski definition) is 35. The molecule has 49 heteroatoms. The summed E-state index contributed by atoms with van der Waals surface area (Å²) >= 11 is 22.4. The van der Waals surface area contributed by atoms with Crippen LogP contribution >= 0.6 is 57.9 Å². The number of ether oxygens (including phenoxy) is 6. The number of phenols is 3. The number of thiazole rings is 1. The molecule has 10 amide bonds. The molecule has 44 nitrogen and oxygen atoms in total. The summed E-state index contributed by atoms with van der Waals surface area (Å²) in [6.45, 7) is 4.98. The van der Waals surface area contributed by atoms with Gasteiger partial charge in [0.05, 0.1) is 53.0 Å². The third kappa shape index (κ3) is 20.4. The number of nitrogens with two attached hydrogens (primary N) is 3. The second kappa shape index (κ2) is 40.1. The van der Waals surface area contributed by atoms with Crippen LogP contribution in [-0.4, -0.2) is 242 Å². The summed E-state index contributed by atoms with van der Waals surface area (Å²) in [6, 6.07) is 0.486. The Hall–Kier alpha value is -12.4. The Bertz CT molecular complexity index is 5920. The molecule has 5 aromatic carbocycles. The van der Waals surface area contributed by atoms with Gasteiger partial charge in [0.15, 0.2) is 53.7 Å². The smallest absolute Gasteiger partial charge is 0.276 e. The van der Waals surface area contributed by atoms with Gasteiger partial charge in [-0.2, -0.15) is 0 Å². The van der Waals surface area contributed by atoms with Crippen LogP contribution in [0.3, 0.4) is 0 Å². The summed E-state index contributed by atoms with van der Waals surface area (Å²) in [5.74, 6) is -19.5. The molecular weight excluding hydrogens is 1860 g/mol. The number of aromatic nitrogens is 2. The van der Waals surface area contributed by atoms with Crippen LogP contribution in [0.4, 0.5) is 5.13 Å². The van der Waals surface area contributed by atoms with Crippen molar-refractivity contribution in [2.24, 2.45) is 22.5 Å². The Balaban J connectivity index is 0.872. The molecule has 11 heterocycles. The number of thioether (sulfide) groups is 1. The maximum absolute atomic E-state index is 16.6. The highest BCUT2D eigenvalue weighted by molar-refractivity contribution is 8.00. The number of hydrogen-bond donors (Lipinski definition) is 22. The number of aliphatic hydroxyl groups excluding tert-OH is 6. The van der Waals surface area contributed by atoms with Crippen LogP contribution < -0.4 is 88.9 Å². The van der Waals surface area contributed by atoms with E-state index < -0.39 is 295 Å². The minimum atomic E-state index is -2.45. The van der Waals surface area contributed by atoms with Crippen LogP contribution in [0.1, 0.15) is 116 Å². The lowest BCUT2D eigenvalue weighted by Crippen LogP contribution is -2.71. The van der Waals surface area contributed by atoms with Gasteiger partial charge in [-0.3, -0.25) is 52.8 Å². The summed E-state index contributed by atoms with van der Waals surface area (Å²) in [5, 5.41) is 153. The van der Waals surface area contributed by atoms with Gasteiger partial charge in [0.2, 0.25) is 59.3 Å². The van der Waals surface area contributed by atoms with E-state index in [0.717, 1.165) is 94.7 Å². The highest BCUT2D eigenvalue weighted by atomic mass is 35.5. The number of primary amides is 1. The molecule has 2 aromatic heterocycles. The first kappa shape index (κ1) is 97.7. The zero-order valence-corrected chi connectivity index (χ0v) is 75.0. The largest absolute Gasteiger partial charge is 0.543 e. The number of aromatic hydroxyl groups is 3. The molecule has 16 rings (SSSR count). The molecule has 9 aliphatic rings. The Labute approximate surface area is 782 Å². The number of pyridine rings is 1. The van der Waals surface area contributed by atoms with Gasteiger partial charge in [-0.05, 0) is 127 Å². The number of likely N-dealkylation sites (N-methyl/N-ethyl adjacent to an activating group) is 1. The Morgan fingerprint density at radius 2 is 1.42 bits per heavy atom. The average Bonchev–Trinajstić information content (AvgIpc) is 0.762. The molecule has 3 fully saturated rings. The molecule has 20 unspecified atom stereocenters. The predicted octanol–water partition coefficient (Wildman–Crippen LogP) is -1.40.